The van der Waals surface area contributed by atoms with Crippen LogP contribution < -0.4 is 19.7 Å². The second kappa shape index (κ2) is 7.95. The molecule has 2 aromatic carbocycles. The van der Waals surface area contributed by atoms with Gasteiger partial charge in [-0.2, -0.15) is 0 Å². The van der Waals surface area contributed by atoms with Gasteiger partial charge in [-0.1, -0.05) is 18.2 Å². The van der Waals surface area contributed by atoms with Crippen molar-refractivity contribution in [1.29, 1.82) is 0 Å². The predicted octanol–water partition coefficient (Wildman–Crippen LogP) is 3.48. The molecule has 0 atom stereocenters. The van der Waals surface area contributed by atoms with Gasteiger partial charge in [-0.05, 0) is 49.8 Å². The molecular weight excluding hydrogens is 344 g/mol. The molecule has 1 N–H and O–H groups in total. The van der Waals surface area contributed by atoms with E-state index in [-0.39, 0.29) is 24.5 Å². The maximum absolute atomic E-state index is 12.6. The Morgan fingerprint density at radius 2 is 1.96 bits per heavy atom. The standard InChI is InChI=1S/C21H22N2O4/c1-14(2)27-18-10-8-15(12-19(18)26-3)9-11-21(25)23-13-20(24)22-16-6-4-5-7-17(16)23/h4-12,14H,13H2,1-3H3,(H,22,24)/b11-9+. The number of methoxy groups -OCH3 is 1. The first-order chi connectivity index (χ1) is 13.0. The van der Waals surface area contributed by atoms with E-state index in [1.165, 1.54) is 11.0 Å². The molecule has 0 fully saturated rings. The lowest BCUT2D eigenvalue weighted by Crippen LogP contribution is -2.41. The summed E-state index contributed by atoms with van der Waals surface area (Å²) in [6.45, 7) is 3.88. The second-order valence-corrected chi connectivity index (χ2v) is 6.40. The van der Waals surface area contributed by atoms with Crippen LogP contribution in [0.2, 0.25) is 0 Å². The Balaban J connectivity index is 1.80. The summed E-state index contributed by atoms with van der Waals surface area (Å²) in [5.74, 6) is 0.768. The molecule has 0 unspecified atom stereocenters. The minimum atomic E-state index is -0.265. The van der Waals surface area contributed by atoms with Gasteiger partial charge in [-0.15, -0.1) is 0 Å². The first kappa shape index (κ1) is 18.5. The Kier molecular flexibility index (Phi) is 5.45. The van der Waals surface area contributed by atoms with E-state index in [0.717, 1.165) is 5.56 Å². The quantitative estimate of drug-likeness (QED) is 0.823. The van der Waals surface area contributed by atoms with Gasteiger partial charge in [0.2, 0.25) is 5.91 Å². The maximum atomic E-state index is 12.6. The Hall–Kier alpha value is -3.28. The lowest BCUT2D eigenvalue weighted by Gasteiger charge is -2.28. The first-order valence-electron chi connectivity index (χ1n) is 8.71. The molecule has 2 aromatic rings. The van der Waals surface area contributed by atoms with Crippen LogP contribution in [0.15, 0.2) is 48.5 Å². The number of anilines is 2. The van der Waals surface area contributed by atoms with E-state index in [9.17, 15) is 9.59 Å². The van der Waals surface area contributed by atoms with Gasteiger partial charge in [0.15, 0.2) is 11.5 Å². The highest BCUT2D eigenvalue weighted by Crippen LogP contribution is 2.31. The highest BCUT2D eigenvalue weighted by Gasteiger charge is 2.25. The van der Waals surface area contributed by atoms with Crippen molar-refractivity contribution in [3.05, 3.63) is 54.1 Å². The number of para-hydroxylation sites is 2. The fraction of sp³-hybridized carbons (Fsp3) is 0.238. The Morgan fingerprint density at radius 1 is 1.19 bits per heavy atom. The van der Waals surface area contributed by atoms with Crippen molar-refractivity contribution in [3.8, 4) is 11.5 Å². The Bertz CT molecular complexity index is 890. The summed E-state index contributed by atoms with van der Waals surface area (Å²) in [5, 5.41) is 2.77. The number of ether oxygens (including phenoxy) is 2. The molecule has 2 amide bonds. The van der Waals surface area contributed by atoms with Crippen LogP contribution in [0.3, 0.4) is 0 Å². The third-order valence-corrected chi connectivity index (χ3v) is 4.01. The molecule has 0 saturated carbocycles. The lowest BCUT2D eigenvalue weighted by molar-refractivity contribution is -0.119. The molecule has 1 aliphatic rings. The van der Waals surface area contributed by atoms with Gasteiger partial charge in [0.1, 0.15) is 6.54 Å². The highest BCUT2D eigenvalue weighted by molar-refractivity contribution is 6.13. The zero-order chi connectivity index (χ0) is 19.4. The molecule has 0 saturated heterocycles. The molecule has 0 spiro atoms. The minimum absolute atomic E-state index is 0.00925. The van der Waals surface area contributed by atoms with Crippen molar-refractivity contribution >= 4 is 29.3 Å². The van der Waals surface area contributed by atoms with Crippen LogP contribution in [0.5, 0.6) is 11.5 Å². The number of fused-ring (bicyclic) bond motifs is 1. The zero-order valence-corrected chi connectivity index (χ0v) is 15.6. The molecule has 1 heterocycles. The third-order valence-electron chi connectivity index (χ3n) is 4.01. The van der Waals surface area contributed by atoms with E-state index < -0.39 is 0 Å². The summed E-state index contributed by atoms with van der Waals surface area (Å²) in [6, 6.07) is 12.7. The summed E-state index contributed by atoms with van der Waals surface area (Å²) >= 11 is 0. The average Bonchev–Trinajstić information content (AvgIpc) is 2.65. The van der Waals surface area contributed by atoms with E-state index >= 15 is 0 Å². The van der Waals surface area contributed by atoms with Gasteiger partial charge in [-0.3, -0.25) is 14.5 Å². The molecule has 3 rings (SSSR count). The summed E-state index contributed by atoms with van der Waals surface area (Å²) in [7, 11) is 1.57. The van der Waals surface area contributed by atoms with E-state index in [0.29, 0.717) is 22.9 Å². The van der Waals surface area contributed by atoms with E-state index in [1.54, 1.807) is 25.3 Å². The fourth-order valence-electron chi connectivity index (χ4n) is 2.83. The molecule has 6 nitrogen and oxygen atoms in total. The molecule has 1 aliphatic heterocycles. The molecule has 6 heteroatoms. The van der Waals surface area contributed by atoms with Crippen molar-refractivity contribution in [3.63, 3.8) is 0 Å². The SMILES string of the molecule is COc1cc(/C=C/C(=O)N2CC(=O)Nc3ccccc32)ccc1OC(C)C. The van der Waals surface area contributed by atoms with Crippen molar-refractivity contribution in [2.45, 2.75) is 20.0 Å². The number of rotatable bonds is 5. The van der Waals surface area contributed by atoms with E-state index in [2.05, 4.69) is 5.32 Å². The molecule has 0 bridgehead atoms. The summed E-state index contributed by atoms with van der Waals surface area (Å²) < 4.78 is 11.1. The number of nitrogens with one attached hydrogen (secondary N) is 1. The summed E-state index contributed by atoms with van der Waals surface area (Å²) in [4.78, 5) is 26.0. The number of carbonyl (C=O) groups is 2. The second-order valence-electron chi connectivity index (χ2n) is 6.40. The number of carbonyl (C=O) groups excluding carboxylic acids is 2. The molecular formula is C21H22N2O4. The van der Waals surface area contributed by atoms with E-state index in [4.69, 9.17) is 9.47 Å². The number of benzene rings is 2. The monoisotopic (exact) mass is 366 g/mol. The highest BCUT2D eigenvalue weighted by atomic mass is 16.5. The van der Waals surface area contributed by atoms with Gasteiger partial charge in [0.25, 0.3) is 5.91 Å². The van der Waals surface area contributed by atoms with Crippen LogP contribution >= 0.6 is 0 Å². The lowest BCUT2D eigenvalue weighted by atomic mass is 10.1. The number of hydrogen-bond acceptors (Lipinski definition) is 4. The van der Waals surface area contributed by atoms with Crippen LogP contribution in [0.25, 0.3) is 6.08 Å². The smallest absolute Gasteiger partial charge is 0.251 e. The van der Waals surface area contributed by atoms with Gasteiger partial charge in [0, 0.05) is 6.08 Å². The van der Waals surface area contributed by atoms with Crippen LogP contribution in [0, 0.1) is 0 Å². The van der Waals surface area contributed by atoms with E-state index in [1.807, 2.05) is 44.2 Å². The third kappa shape index (κ3) is 4.28. The van der Waals surface area contributed by atoms with Gasteiger partial charge in [0.05, 0.1) is 24.6 Å². The minimum Gasteiger partial charge on any atom is -0.493 e. The summed E-state index contributed by atoms with van der Waals surface area (Å²) in [6.07, 6.45) is 3.18. The number of hydrogen-bond donors (Lipinski definition) is 1. The first-order valence-corrected chi connectivity index (χ1v) is 8.71. The molecule has 0 aromatic heterocycles. The van der Waals surface area contributed by atoms with Gasteiger partial charge >= 0.3 is 0 Å². The summed E-state index contributed by atoms with van der Waals surface area (Å²) in [5.41, 5.74) is 2.11. The molecule has 27 heavy (non-hydrogen) atoms. The van der Waals surface area contributed by atoms with Gasteiger partial charge < -0.3 is 14.8 Å². The Morgan fingerprint density at radius 3 is 2.70 bits per heavy atom. The average molecular weight is 366 g/mol. The zero-order valence-electron chi connectivity index (χ0n) is 15.6. The topological polar surface area (TPSA) is 67.9 Å². The molecule has 140 valence electrons. The number of amides is 2. The normalized spacial score (nSPS) is 13.5. The largest absolute Gasteiger partial charge is 0.493 e. The Labute approximate surface area is 158 Å². The van der Waals surface area contributed by atoms with Crippen LogP contribution in [-0.4, -0.2) is 31.6 Å². The van der Waals surface area contributed by atoms with Crippen LogP contribution in [-0.2, 0) is 9.59 Å². The fourth-order valence-corrected chi connectivity index (χ4v) is 2.83. The maximum Gasteiger partial charge on any atom is 0.251 e. The van der Waals surface area contributed by atoms with Crippen molar-refractivity contribution in [2.75, 3.05) is 23.9 Å². The van der Waals surface area contributed by atoms with Crippen LogP contribution in [0.4, 0.5) is 11.4 Å². The van der Waals surface area contributed by atoms with Crippen molar-refractivity contribution in [1.82, 2.24) is 0 Å². The van der Waals surface area contributed by atoms with Crippen molar-refractivity contribution < 1.29 is 19.1 Å². The van der Waals surface area contributed by atoms with Gasteiger partial charge in [-0.25, -0.2) is 0 Å². The van der Waals surface area contributed by atoms with Crippen molar-refractivity contribution in [2.24, 2.45) is 0 Å². The molecule has 0 radical (unpaired) electrons. The van der Waals surface area contributed by atoms with Crippen LogP contribution in [0.1, 0.15) is 19.4 Å². The predicted molar refractivity (Wildman–Crippen MR) is 105 cm³/mol. The number of nitrogens with zero attached hydrogens (tertiary/aromatic N) is 1. The molecule has 0 aliphatic carbocycles.